The van der Waals surface area contributed by atoms with Crippen molar-refractivity contribution in [2.75, 3.05) is 0 Å². The molecule has 5 rings (SSSR count). The highest BCUT2D eigenvalue weighted by Gasteiger charge is 2.62. The zero-order valence-corrected chi connectivity index (χ0v) is 17.4. The summed E-state index contributed by atoms with van der Waals surface area (Å²) in [5.41, 5.74) is 0.353. The van der Waals surface area contributed by atoms with Gasteiger partial charge in [0.05, 0.1) is 0 Å². The van der Waals surface area contributed by atoms with Crippen molar-refractivity contribution in [1.82, 2.24) is 10.6 Å². The van der Waals surface area contributed by atoms with Gasteiger partial charge in [-0.2, -0.15) is 0 Å². The van der Waals surface area contributed by atoms with Crippen molar-refractivity contribution < 1.29 is 19.2 Å². The molecule has 2 aliphatic heterocycles. The molecule has 1 aliphatic carbocycles. The van der Waals surface area contributed by atoms with Gasteiger partial charge in [-0.25, -0.2) is 0 Å². The maximum absolute atomic E-state index is 13.1. The van der Waals surface area contributed by atoms with Gasteiger partial charge in [0, 0.05) is 34.1 Å². The van der Waals surface area contributed by atoms with E-state index in [-0.39, 0.29) is 11.1 Å². The average molecular weight is 426 g/mol. The molecule has 0 spiro atoms. The van der Waals surface area contributed by atoms with E-state index in [2.05, 4.69) is 10.6 Å². The fourth-order valence-corrected chi connectivity index (χ4v) is 5.93. The van der Waals surface area contributed by atoms with Crippen LogP contribution in [0.25, 0.3) is 0 Å². The molecule has 0 saturated heterocycles. The van der Waals surface area contributed by atoms with Crippen LogP contribution in [0.1, 0.15) is 36.8 Å². The molecular weight excluding hydrogens is 404 g/mol. The lowest BCUT2D eigenvalue weighted by Crippen LogP contribution is -2.54. The van der Waals surface area contributed by atoms with E-state index in [1.54, 1.807) is 0 Å². The van der Waals surface area contributed by atoms with Gasteiger partial charge in [0.25, 0.3) is 23.6 Å². The van der Waals surface area contributed by atoms with E-state index in [4.69, 9.17) is 0 Å². The number of nitrogens with one attached hydrogen (secondary N) is 2. The van der Waals surface area contributed by atoms with Crippen LogP contribution in [-0.2, 0) is 24.6 Å². The molecule has 6 nitrogen and oxygen atoms in total. The topological polar surface area (TPSA) is 92.3 Å². The third-order valence-electron chi connectivity index (χ3n) is 7.05. The Bertz CT molecular complexity index is 1110. The number of benzene rings is 2. The zero-order valence-electron chi connectivity index (χ0n) is 17.4. The van der Waals surface area contributed by atoms with Crippen molar-refractivity contribution >= 4 is 23.6 Å². The summed E-state index contributed by atoms with van der Waals surface area (Å²) in [5.74, 6) is -2.03. The highest BCUT2D eigenvalue weighted by Crippen LogP contribution is 2.63. The fourth-order valence-electron chi connectivity index (χ4n) is 5.93. The summed E-state index contributed by atoms with van der Waals surface area (Å²) in [7, 11) is 0. The van der Waals surface area contributed by atoms with E-state index < -0.39 is 34.5 Å². The van der Waals surface area contributed by atoms with Crippen LogP contribution in [0.4, 0.5) is 0 Å². The Morgan fingerprint density at radius 3 is 1.34 bits per heavy atom. The smallest absolute Gasteiger partial charge is 0.255 e. The molecule has 0 aromatic heterocycles. The van der Waals surface area contributed by atoms with E-state index in [1.807, 2.05) is 60.7 Å². The Morgan fingerprint density at radius 2 is 0.969 bits per heavy atom. The number of rotatable bonds is 4. The summed E-state index contributed by atoms with van der Waals surface area (Å²) < 4.78 is 0. The monoisotopic (exact) mass is 426 g/mol. The van der Waals surface area contributed by atoms with Crippen LogP contribution in [-0.4, -0.2) is 23.6 Å². The van der Waals surface area contributed by atoms with Crippen molar-refractivity contribution in [3.05, 3.63) is 95.1 Å². The normalized spacial score (nSPS) is 21.6. The molecule has 2 aromatic carbocycles. The van der Waals surface area contributed by atoms with Gasteiger partial charge in [0.2, 0.25) is 0 Å². The largest absolute Gasteiger partial charge is 0.289 e. The van der Waals surface area contributed by atoms with Gasteiger partial charge in [-0.15, -0.1) is 0 Å². The van der Waals surface area contributed by atoms with E-state index in [1.165, 1.54) is 12.2 Å². The fraction of sp³-hybridized carbons (Fsp3) is 0.231. The lowest BCUT2D eigenvalue weighted by Gasteiger charge is -2.55. The van der Waals surface area contributed by atoms with Gasteiger partial charge in [0.1, 0.15) is 0 Å². The minimum absolute atomic E-state index is 0.242. The standard InChI is InChI=1S/C26H22N2O4/c29-21-15-19(23(31)27-21)26(20-16-22(30)28-24(20)32)14-8-7-13-25(26,17-9-3-1-4-10-17)18-11-5-2-6-12-18/h1-6,9-12,15-16H,7-8,13-14H2,(H,27,29,31)(H,28,30,32). The predicted molar refractivity (Wildman–Crippen MR) is 117 cm³/mol. The molecule has 4 amide bonds. The second-order valence-electron chi connectivity index (χ2n) is 8.50. The molecule has 0 bridgehead atoms. The number of amides is 4. The Kier molecular flexibility index (Phi) is 4.66. The number of carbonyl (C=O) groups is 4. The summed E-state index contributed by atoms with van der Waals surface area (Å²) in [6.07, 6.45) is 5.35. The zero-order chi connectivity index (χ0) is 22.3. The first-order chi connectivity index (χ1) is 15.5. The quantitative estimate of drug-likeness (QED) is 0.736. The predicted octanol–water partition coefficient (Wildman–Crippen LogP) is 2.70. The van der Waals surface area contributed by atoms with Crippen molar-refractivity contribution in [2.24, 2.45) is 5.41 Å². The second kappa shape index (κ2) is 7.41. The van der Waals surface area contributed by atoms with Gasteiger partial charge in [-0.1, -0.05) is 73.5 Å². The van der Waals surface area contributed by atoms with Crippen LogP contribution in [0.15, 0.2) is 84.0 Å². The van der Waals surface area contributed by atoms with Gasteiger partial charge in [-0.05, 0) is 24.0 Å². The highest BCUT2D eigenvalue weighted by atomic mass is 16.2. The van der Waals surface area contributed by atoms with Crippen LogP contribution < -0.4 is 10.6 Å². The molecule has 2 heterocycles. The molecule has 2 aromatic rings. The highest BCUT2D eigenvalue weighted by molar-refractivity contribution is 6.22. The van der Waals surface area contributed by atoms with E-state index in [0.29, 0.717) is 12.8 Å². The summed E-state index contributed by atoms with van der Waals surface area (Å²) in [6, 6.07) is 19.6. The van der Waals surface area contributed by atoms with Crippen molar-refractivity contribution in [1.29, 1.82) is 0 Å². The molecule has 3 aliphatic rings. The Morgan fingerprint density at radius 1 is 0.562 bits per heavy atom. The molecule has 32 heavy (non-hydrogen) atoms. The van der Waals surface area contributed by atoms with Gasteiger partial charge in [0.15, 0.2) is 0 Å². The summed E-state index contributed by atoms with van der Waals surface area (Å²) in [6.45, 7) is 0. The van der Waals surface area contributed by atoms with E-state index in [0.717, 1.165) is 24.0 Å². The Labute approximate surface area is 185 Å². The van der Waals surface area contributed by atoms with E-state index in [9.17, 15) is 19.2 Å². The molecule has 0 radical (unpaired) electrons. The number of imide groups is 2. The van der Waals surface area contributed by atoms with Crippen molar-refractivity contribution in [2.45, 2.75) is 31.1 Å². The third-order valence-corrected chi connectivity index (χ3v) is 7.05. The van der Waals surface area contributed by atoms with Crippen LogP contribution in [0, 0.1) is 5.41 Å². The average Bonchev–Trinajstić information content (AvgIpc) is 3.34. The minimum Gasteiger partial charge on any atom is -0.289 e. The van der Waals surface area contributed by atoms with Crippen molar-refractivity contribution in [3.63, 3.8) is 0 Å². The summed E-state index contributed by atoms with van der Waals surface area (Å²) >= 11 is 0. The first-order valence-electron chi connectivity index (χ1n) is 10.7. The maximum atomic E-state index is 13.1. The molecule has 1 saturated carbocycles. The molecule has 6 heteroatoms. The third kappa shape index (κ3) is 2.72. The van der Waals surface area contributed by atoms with Crippen LogP contribution in [0.2, 0.25) is 0 Å². The molecule has 160 valence electrons. The molecule has 0 atom stereocenters. The van der Waals surface area contributed by atoms with Gasteiger partial charge < -0.3 is 0 Å². The Balaban J connectivity index is 1.93. The van der Waals surface area contributed by atoms with E-state index >= 15 is 0 Å². The minimum atomic E-state index is -1.18. The summed E-state index contributed by atoms with van der Waals surface area (Å²) in [4.78, 5) is 50.9. The first-order valence-corrected chi connectivity index (χ1v) is 10.7. The number of carbonyl (C=O) groups excluding carboxylic acids is 4. The lowest BCUT2D eigenvalue weighted by atomic mass is 9.45. The van der Waals surface area contributed by atoms with Gasteiger partial charge >= 0.3 is 0 Å². The van der Waals surface area contributed by atoms with Crippen LogP contribution in [0.3, 0.4) is 0 Å². The number of hydrogen-bond donors (Lipinski definition) is 2. The molecular formula is C26H22N2O4. The Hall–Kier alpha value is -3.80. The number of hydrogen-bond acceptors (Lipinski definition) is 4. The maximum Gasteiger partial charge on any atom is 0.255 e. The van der Waals surface area contributed by atoms with Crippen LogP contribution in [0.5, 0.6) is 0 Å². The van der Waals surface area contributed by atoms with Crippen molar-refractivity contribution in [3.8, 4) is 0 Å². The first kappa shape index (κ1) is 20.1. The second-order valence-corrected chi connectivity index (χ2v) is 8.50. The lowest BCUT2D eigenvalue weighted by molar-refractivity contribution is -0.125. The van der Waals surface area contributed by atoms with Gasteiger partial charge in [-0.3, -0.25) is 29.8 Å². The SMILES string of the molecule is O=C1C=C(C2(C3=CC(=O)NC3=O)CCCCC2(c2ccccc2)c2ccccc2)C(=O)N1. The molecule has 2 N–H and O–H groups in total. The molecule has 1 fully saturated rings. The van der Waals surface area contributed by atoms with Crippen LogP contribution >= 0.6 is 0 Å². The summed E-state index contributed by atoms with van der Waals surface area (Å²) in [5, 5.41) is 4.73. The molecule has 0 unspecified atom stereocenters.